The van der Waals surface area contributed by atoms with Crippen molar-refractivity contribution in [2.75, 3.05) is 7.11 Å². The number of hydrogen-bond acceptors (Lipinski definition) is 2. The third kappa shape index (κ3) is 3.09. The second kappa shape index (κ2) is 4.90. The molecule has 1 aliphatic rings. The van der Waals surface area contributed by atoms with Gasteiger partial charge in [0.1, 0.15) is 0 Å². The summed E-state index contributed by atoms with van der Waals surface area (Å²) >= 11 is 0. The predicted octanol–water partition coefficient (Wildman–Crippen LogP) is 2.04. The number of carboxylic acids is 1. The fraction of sp³-hybridized carbons (Fsp3) is 0.700. The third-order valence-corrected chi connectivity index (χ3v) is 2.61. The van der Waals surface area contributed by atoms with E-state index in [1.807, 2.05) is 6.08 Å². The fourth-order valence-electron chi connectivity index (χ4n) is 1.75. The topological polar surface area (TPSA) is 46.5 Å². The molecule has 1 saturated carbocycles. The molecule has 0 heterocycles. The van der Waals surface area contributed by atoms with E-state index in [0.717, 1.165) is 25.7 Å². The van der Waals surface area contributed by atoms with Crippen molar-refractivity contribution < 1.29 is 14.6 Å². The maximum Gasteiger partial charge on any atom is 0.306 e. The Balaban J connectivity index is 2.30. The van der Waals surface area contributed by atoms with Gasteiger partial charge in [-0.25, -0.2) is 0 Å². The van der Waals surface area contributed by atoms with E-state index < -0.39 is 5.97 Å². The molecule has 0 radical (unpaired) electrons. The fourth-order valence-corrected chi connectivity index (χ4v) is 1.75. The normalized spacial score (nSPS) is 29.0. The van der Waals surface area contributed by atoms with Crippen LogP contribution >= 0.6 is 0 Å². The van der Waals surface area contributed by atoms with E-state index in [2.05, 4.69) is 0 Å². The van der Waals surface area contributed by atoms with Crippen molar-refractivity contribution in [2.45, 2.75) is 25.7 Å². The Morgan fingerprint density at radius 3 is 2.46 bits per heavy atom. The van der Waals surface area contributed by atoms with Gasteiger partial charge in [0.2, 0.25) is 0 Å². The lowest BCUT2D eigenvalue weighted by molar-refractivity contribution is -0.142. The molecule has 3 nitrogen and oxygen atoms in total. The largest absolute Gasteiger partial charge is 0.505 e. The first kappa shape index (κ1) is 10.1. The SMILES string of the molecule is COC=CC1CCC(C(=O)O)CC1. The molecule has 3 heteroatoms. The molecular formula is C10H16O3. The molecule has 0 bridgehead atoms. The van der Waals surface area contributed by atoms with E-state index in [1.165, 1.54) is 0 Å². The van der Waals surface area contributed by atoms with Crippen molar-refractivity contribution in [3.63, 3.8) is 0 Å². The van der Waals surface area contributed by atoms with Crippen LogP contribution in [0.1, 0.15) is 25.7 Å². The van der Waals surface area contributed by atoms with Gasteiger partial charge in [0.25, 0.3) is 0 Å². The van der Waals surface area contributed by atoms with Crippen LogP contribution in [0, 0.1) is 11.8 Å². The summed E-state index contributed by atoms with van der Waals surface area (Å²) in [5.74, 6) is -0.253. The first-order chi connectivity index (χ1) is 6.24. The smallest absolute Gasteiger partial charge is 0.306 e. The van der Waals surface area contributed by atoms with E-state index in [1.54, 1.807) is 13.4 Å². The van der Waals surface area contributed by atoms with Crippen molar-refractivity contribution in [1.29, 1.82) is 0 Å². The van der Waals surface area contributed by atoms with E-state index in [-0.39, 0.29) is 5.92 Å². The first-order valence-corrected chi connectivity index (χ1v) is 4.66. The number of methoxy groups -OCH3 is 1. The molecule has 1 N–H and O–H groups in total. The van der Waals surface area contributed by atoms with Gasteiger partial charge in [-0.15, -0.1) is 0 Å². The molecule has 1 rings (SSSR count). The molecule has 0 aromatic rings. The molecule has 13 heavy (non-hydrogen) atoms. The van der Waals surface area contributed by atoms with Crippen LogP contribution in [0.5, 0.6) is 0 Å². The molecule has 0 spiro atoms. The first-order valence-electron chi connectivity index (χ1n) is 4.66. The van der Waals surface area contributed by atoms with Gasteiger partial charge in [-0.2, -0.15) is 0 Å². The van der Waals surface area contributed by atoms with Crippen molar-refractivity contribution in [3.8, 4) is 0 Å². The minimum Gasteiger partial charge on any atom is -0.505 e. The molecule has 74 valence electrons. The molecule has 0 saturated heterocycles. The van der Waals surface area contributed by atoms with Crippen LogP contribution in [-0.4, -0.2) is 18.2 Å². The van der Waals surface area contributed by atoms with Crippen molar-refractivity contribution in [2.24, 2.45) is 11.8 Å². The van der Waals surface area contributed by atoms with E-state index in [9.17, 15) is 4.79 Å². The van der Waals surface area contributed by atoms with E-state index >= 15 is 0 Å². The van der Waals surface area contributed by atoms with Crippen LogP contribution in [-0.2, 0) is 9.53 Å². The summed E-state index contributed by atoms with van der Waals surface area (Å²) in [6, 6.07) is 0. The Morgan fingerprint density at radius 1 is 1.38 bits per heavy atom. The minimum absolute atomic E-state index is 0.118. The van der Waals surface area contributed by atoms with Crippen LogP contribution in [0.4, 0.5) is 0 Å². The quantitative estimate of drug-likeness (QED) is 0.683. The lowest BCUT2D eigenvalue weighted by atomic mass is 9.82. The molecule has 1 fully saturated rings. The number of aliphatic carboxylic acids is 1. The lowest BCUT2D eigenvalue weighted by Crippen LogP contribution is -2.20. The Hall–Kier alpha value is -0.990. The van der Waals surface area contributed by atoms with Crippen molar-refractivity contribution in [3.05, 3.63) is 12.3 Å². The summed E-state index contributed by atoms with van der Waals surface area (Å²) in [6.07, 6.45) is 7.25. The van der Waals surface area contributed by atoms with Gasteiger partial charge in [0, 0.05) is 0 Å². The zero-order valence-electron chi connectivity index (χ0n) is 7.90. The van der Waals surface area contributed by atoms with Crippen LogP contribution < -0.4 is 0 Å². The summed E-state index contributed by atoms with van der Waals surface area (Å²) in [6.45, 7) is 0. The van der Waals surface area contributed by atoms with Crippen LogP contribution in [0.3, 0.4) is 0 Å². The number of carboxylic acid groups (broad SMARTS) is 1. The molecular weight excluding hydrogens is 168 g/mol. The van der Waals surface area contributed by atoms with Gasteiger partial charge in [0.15, 0.2) is 0 Å². The molecule has 0 aliphatic heterocycles. The zero-order chi connectivity index (χ0) is 9.68. The monoisotopic (exact) mass is 184 g/mol. The average Bonchev–Trinajstić information content (AvgIpc) is 2.15. The van der Waals surface area contributed by atoms with Gasteiger partial charge in [-0.1, -0.05) is 0 Å². The third-order valence-electron chi connectivity index (χ3n) is 2.61. The molecule has 0 unspecified atom stereocenters. The number of carbonyl (C=O) groups is 1. The molecule has 1 aliphatic carbocycles. The highest BCUT2D eigenvalue weighted by Gasteiger charge is 2.24. The standard InChI is InChI=1S/C10H16O3/c1-13-7-6-8-2-4-9(5-3-8)10(11)12/h6-9H,2-5H2,1H3,(H,11,12). The second-order valence-electron chi connectivity index (χ2n) is 3.51. The number of ether oxygens (including phenoxy) is 1. The number of allylic oxidation sites excluding steroid dienone is 1. The summed E-state index contributed by atoms with van der Waals surface area (Å²) in [4.78, 5) is 10.6. The van der Waals surface area contributed by atoms with Gasteiger partial charge in [-0.3, -0.25) is 4.79 Å². The number of hydrogen-bond donors (Lipinski definition) is 1. The van der Waals surface area contributed by atoms with E-state index in [4.69, 9.17) is 9.84 Å². The lowest BCUT2D eigenvalue weighted by Gasteiger charge is -2.23. The summed E-state index contributed by atoms with van der Waals surface area (Å²) in [7, 11) is 1.62. The maximum absolute atomic E-state index is 10.6. The van der Waals surface area contributed by atoms with Crippen molar-refractivity contribution >= 4 is 5.97 Å². The summed E-state index contributed by atoms with van der Waals surface area (Å²) < 4.78 is 4.82. The second-order valence-corrected chi connectivity index (χ2v) is 3.51. The maximum atomic E-state index is 10.6. The summed E-state index contributed by atoms with van der Waals surface area (Å²) in [5, 5.41) is 8.76. The van der Waals surface area contributed by atoms with Gasteiger partial charge < -0.3 is 9.84 Å². The van der Waals surface area contributed by atoms with Gasteiger partial charge in [-0.05, 0) is 37.7 Å². The minimum atomic E-state index is -0.644. The Bertz CT molecular complexity index is 190. The molecule has 0 aromatic heterocycles. The Labute approximate surface area is 78.4 Å². The zero-order valence-corrected chi connectivity index (χ0v) is 7.90. The molecule has 0 atom stereocenters. The highest BCUT2D eigenvalue weighted by Crippen LogP contribution is 2.29. The average molecular weight is 184 g/mol. The van der Waals surface area contributed by atoms with Gasteiger partial charge >= 0.3 is 5.97 Å². The van der Waals surface area contributed by atoms with Crippen LogP contribution in [0.15, 0.2) is 12.3 Å². The predicted molar refractivity (Wildman–Crippen MR) is 49.2 cm³/mol. The Morgan fingerprint density at radius 2 is 2.00 bits per heavy atom. The van der Waals surface area contributed by atoms with E-state index in [0.29, 0.717) is 5.92 Å². The Kier molecular flexibility index (Phi) is 3.80. The van der Waals surface area contributed by atoms with Crippen molar-refractivity contribution in [1.82, 2.24) is 0 Å². The van der Waals surface area contributed by atoms with Gasteiger partial charge in [0.05, 0.1) is 19.3 Å². The van der Waals surface area contributed by atoms with Crippen LogP contribution in [0.25, 0.3) is 0 Å². The highest BCUT2D eigenvalue weighted by atomic mass is 16.5. The molecule has 0 aromatic carbocycles. The highest BCUT2D eigenvalue weighted by molar-refractivity contribution is 5.70. The van der Waals surface area contributed by atoms with Crippen LogP contribution in [0.2, 0.25) is 0 Å². The number of rotatable bonds is 3. The summed E-state index contributed by atoms with van der Waals surface area (Å²) in [5.41, 5.74) is 0. The molecule has 0 amide bonds.